The minimum absolute atomic E-state index is 0.109. The molecule has 7 aromatic rings. The van der Waals surface area contributed by atoms with Gasteiger partial charge in [-0.25, -0.2) is 4.98 Å². The third-order valence-electron chi connectivity index (χ3n) is 9.99. The Kier molecular flexibility index (Phi) is 6.29. The second kappa shape index (κ2) is 10.7. The Morgan fingerprint density at radius 3 is 2.26 bits per heavy atom. The number of fused-ring (bicyclic) bond motifs is 6. The number of para-hydroxylation sites is 1. The fourth-order valence-electron chi connectivity index (χ4n) is 7.57. The van der Waals surface area contributed by atoms with Gasteiger partial charge in [-0.1, -0.05) is 129 Å². The van der Waals surface area contributed by atoms with Crippen LogP contribution >= 0.6 is 0 Å². The summed E-state index contributed by atoms with van der Waals surface area (Å²) in [6.45, 7) is 4.69. The van der Waals surface area contributed by atoms with Gasteiger partial charge in [-0.2, -0.15) is 0 Å². The maximum Gasteiger partial charge on any atom is 0.202 e. The summed E-state index contributed by atoms with van der Waals surface area (Å²) < 4.78 is 6.36. The van der Waals surface area contributed by atoms with Crippen molar-refractivity contribution < 1.29 is 4.42 Å². The van der Waals surface area contributed by atoms with E-state index in [9.17, 15) is 0 Å². The Morgan fingerprint density at radius 2 is 1.40 bits per heavy atom. The Hall–Kier alpha value is -5.67. The van der Waals surface area contributed by atoms with Crippen molar-refractivity contribution >= 4 is 38.9 Å². The summed E-state index contributed by atoms with van der Waals surface area (Å²) in [6, 6.07) is 46.1. The van der Waals surface area contributed by atoms with Gasteiger partial charge >= 0.3 is 0 Å². The van der Waals surface area contributed by atoms with E-state index >= 15 is 0 Å². The average molecular weight is 607 g/mol. The highest BCUT2D eigenvalue weighted by molar-refractivity contribution is 6.06. The van der Waals surface area contributed by atoms with Crippen LogP contribution < -0.4 is 4.90 Å². The molecule has 226 valence electrons. The molecule has 6 aromatic carbocycles. The van der Waals surface area contributed by atoms with Crippen molar-refractivity contribution in [1.29, 1.82) is 0 Å². The number of benzene rings is 6. The van der Waals surface area contributed by atoms with Gasteiger partial charge in [-0.15, -0.1) is 0 Å². The number of hydrogen-bond acceptors (Lipinski definition) is 3. The number of rotatable bonds is 5. The highest BCUT2D eigenvalue weighted by atomic mass is 16.3. The molecule has 9 rings (SSSR count). The van der Waals surface area contributed by atoms with Crippen LogP contribution in [0.2, 0.25) is 0 Å². The normalized spacial score (nSPS) is 16.0. The number of hydrogen-bond donors (Lipinski definition) is 0. The van der Waals surface area contributed by atoms with Crippen molar-refractivity contribution in [1.82, 2.24) is 4.98 Å². The first kappa shape index (κ1) is 27.6. The van der Waals surface area contributed by atoms with Crippen LogP contribution in [0.25, 0.3) is 44.1 Å². The molecule has 1 atom stereocenters. The molecule has 1 aromatic heterocycles. The van der Waals surface area contributed by atoms with Crippen molar-refractivity contribution in [2.24, 2.45) is 0 Å². The maximum atomic E-state index is 6.36. The molecule has 0 fully saturated rings. The number of anilines is 3. The molecular weight excluding hydrogens is 572 g/mol. The van der Waals surface area contributed by atoms with E-state index in [-0.39, 0.29) is 11.3 Å². The van der Waals surface area contributed by atoms with Gasteiger partial charge in [0.25, 0.3) is 0 Å². The van der Waals surface area contributed by atoms with Gasteiger partial charge in [0.15, 0.2) is 5.58 Å². The smallest absolute Gasteiger partial charge is 0.202 e. The van der Waals surface area contributed by atoms with Crippen molar-refractivity contribution in [2.75, 3.05) is 4.90 Å². The fraction of sp³-hybridized carbons (Fsp3) is 0.114. The molecule has 0 saturated heterocycles. The van der Waals surface area contributed by atoms with E-state index < -0.39 is 0 Å². The molecule has 3 heteroatoms. The predicted molar refractivity (Wildman–Crippen MR) is 195 cm³/mol. The molecule has 1 unspecified atom stereocenters. The first-order chi connectivity index (χ1) is 23.1. The lowest BCUT2D eigenvalue weighted by atomic mass is 9.82. The minimum atomic E-state index is -0.109. The van der Waals surface area contributed by atoms with Gasteiger partial charge in [0.2, 0.25) is 5.89 Å². The van der Waals surface area contributed by atoms with E-state index in [4.69, 9.17) is 9.40 Å². The van der Waals surface area contributed by atoms with Crippen LogP contribution in [0.3, 0.4) is 0 Å². The van der Waals surface area contributed by atoms with Crippen molar-refractivity contribution in [3.8, 4) is 22.3 Å². The second-order valence-electron chi connectivity index (χ2n) is 13.1. The molecular formula is C44H34N2O. The van der Waals surface area contributed by atoms with Gasteiger partial charge in [0.1, 0.15) is 5.52 Å². The van der Waals surface area contributed by atoms with Crippen molar-refractivity contribution in [2.45, 2.75) is 31.6 Å². The number of aromatic nitrogens is 1. The van der Waals surface area contributed by atoms with E-state index in [1.165, 1.54) is 33.4 Å². The van der Waals surface area contributed by atoms with Gasteiger partial charge in [0.05, 0.1) is 11.6 Å². The molecule has 2 aliphatic carbocycles. The molecule has 0 amide bonds. The van der Waals surface area contributed by atoms with Gasteiger partial charge in [-0.3, -0.25) is 0 Å². The largest absolute Gasteiger partial charge is 0.440 e. The molecule has 2 aliphatic rings. The minimum Gasteiger partial charge on any atom is -0.440 e. The molecule has 3 nitrogen and oxygen atoms in total. The molecule has 1 heterocycles. The van der Waals surface area contributed by atoms with Gasteiger partial charge in [-0.05, 0) is 76.0 Å². The zero-order valence-electron chi connectivity index (χ0n) is 26.5. The summed E-state index contributed by atoms with van der Waals surface area (Å²) in [5.74, 6) is 0.920. The highest BCUT2D eigenvalue weighted by Crippen LogP contribution is 2.51. The average Bonchev–Trinajstić information content (AvgIpc) is 3.67. The third-order valence-corrected chi connectivity index (χ3v) is 9.99. The lowest BCUT2D eigenvalue weighted by molar-refractivity contribution is 0.505. The van der Waals surface area contributed by atoms with Crippen molar-refractivity contribution in [3.63, 3.8) is 0 Å². The van der Waals surface area contributed by atoms with Crippen LogP contribution in [0.15, 0.2) is 156 Å². The van der Waals surface area contributed by atoms with Crippen LogP contribution in [-0.2, 0) is 5.41 Å². The van der Waals surface area contributed by atoms with Crippen LogP contribution in [0.1, 0.15) is 43.2 Å². The van der Waals surface area contributed by atoms with E-state index in [1.54, 1.807) is 0 Å². The predicted octanol–water partition coefficient (Wildman–Crippen LogP) is 12.0. The van der Waals surface area contributed by atoms with Gasteiger partial charge in [0, 0.05) is 27.7 Å². The Balaban J connectivity index is 1.26. The molecule has 0 spiro atoms. The molecule has 0 saturated carbocycles. The fourth-order valence-corrected chi connectivity index (χ4v) is 7.57. The van der Waals surface area contributed by atoms with Crippen LogP contribution in [0.4, 0.5) is 17.1 Å². The Morgan fingerprint density at radius 1 is 0.681 bits per heavy atom. The number of nitrogens with zero attached hydrogens (tertiary/aromatic N) is 2. The van der Waals surface area contributed by atoms with Gasteiger partial charge < -0.3 is 9.32 Å². The summed E-state index contributed by atoms with van der Waals surface area (Å²) in [5, 5.41) is 2.23. The lowest BCUT2D eigenvalue weighted by Gasteiger charge is -2.30. The number of allylic oxidation sites excluding steroid dienone is 4. The quantitative estimate of drug-likeness (QED) is 0.195. The summed E-state index contributed by atoms with van der Waals surface area (Å²) in [6.07, 6.45) is 9.41. The molecule has 0 bridgehead atoms. The monoisotopic (exact) mass is 606 g/mol. The van der Waals surface area contributed by atoms with Crippen LogP contribution in [-0.4, -0.2) is 4.98 Å². The summed E-state index contributed by atoms with van der Waals surface area (Å²) in [5.41, 5.74) is 12.7. The van der Waals surface area contributed by atoms with Crippen molar-refractivity contribution in [3.05, 3.63) is 169 Å². The summed E-state index contributed by atoms with van der Waals surface area (Å²) in [4.78, 5) is 7.51. The molecule has 0 radical (unpaired) electrons. The standard InChI is InChI=1S/C44H34N2O/c1-44(2)38-19-11-9-18-35(38)36-25-24-33(28-39(36)44)46(40-20-12-10-17-34(40)29-13-5-3-6-14-29)32-23-21-30-22-26-41-42(37(30)27-32)45-43(47-41)31-15-7-4-8-16-31/h3-15,17-28,31H,16H2,1-2H3. The Labute approximate surface area is 275 Å². The SMILES string of the molecule is CC1(C)c2ccccc2-c2ccc(N(c3ccc4ccc5oc(C6C=CC=CC6)nc5c4c3)c3ccccc3-c3ccccc3)cc21. The van der Waals surface area contributed by atoms with Crippen LogP contribution in [0.5, 0.6) is 0 Å². The first-order valence-corrected chi connectivity index (χ1v) is 16.4. The maximum absolute atomic E-state index is 6.36. The van der Waals surface area contributed by atoms with Crippen LogP contribution in [0, 0.1) is 0 Å². The first-order valence-electron chi connectivity index (χ1n) is 16.4. The summed E-state index contributed by atoms with van der Waals surface area (Å²) >= 11 is 0. The molecule has 0 N–H and O–H groups in total. The zero-order valence-corrected chi connectivity index (χ0v) is 26.5. The zero-order chi connectivity index (χ0) is 31.5. The van der Waals surface area contributed by atoms with E-state index in [1.807, 2.05) is 0 Å². The Bertz CT molecular complexity index is 2380. The summed E-state index contributed by atoms with van der Waals surface area (Å²) in [7, 11) is 0. The van der Waals surface area contributed by atoms with E-state index in [0.29, 0.717) is 0 Å². The number of oxazole rings is 1. The van der Waals surface area contributed by atoms with E-state index in [2.05, 4.69) is 170 Å². The topological polar surface area (TPSA) is 29.3 Å². The highest BCUT2D eigenvalue weighted by Gasteiger charge is 2.36. The molecule has 47 heavy (non-hydrogen) atoms. The molecule has 0 aliphatic heterocycles. The van der Waals surface area contributed by atoms with E-state index in [0.717, 1.165) is 51.2 Å². The lowest BCUT2D eigenvalue weighted by Crippen LogP contribution is -2.16. The third kappa shape index (κ3) is 4.45. The second-order valence-corrected chi connectivity index (χ2v) is 13.1.